The van der Waals surface area contributed by atoms with Gasteiger partial charge in [0, 0.05) is 6.54 Å². The number of nitrogen functional groups attached to an aromatic ring is 2. The fourth-order valence-electron chi connectivity index (χ4n) is 6.03. The normalized spacial score (nSPS) is 26.8. The number of phosphoric ester groups is 2. The van der Waals surface area contributed by atoms with Crippen molar-refractivity contribution in [1.29, 1.82) is 0 Å². The molecular formula is C24H34N11O18P3-2. The highest BCUT2D eigenvalue weighted by Gasteiger charge is 2.45. The van der Waals surface area contributed by atoms with Gasteiger partial charge in [0.15, 0.2) is 29.9 Å². The van der Waals surface area contributed by atoms with E-state index in [0.717, 1.165) is 10.9 Å². The van der Waals surface area contributed by atoms with Crippen molar-refractivity contribution in [1.82, 2.24) is 39.0 Å². The van der Waals surface area contributed by atoms with Crippen LogP contribution in [0.2, 0.25) is 0 Å². The monoisotopic (exact) mass is 857 g/mol. The van der Waals surface area contributed by atoms with Crippen molar-refractivity contribution in [3.05, 3.63) is 33.4 Å². The second-order valence-corrected chi connectivity index (χ2v) is 16.9. The number of anilines is 2. The number of imidazole rings is 2. The lowest BCUT2D eigenvalue weighted by Crippen LogP contribution is -2.59. The molecule has 0 radical (unpaired) electrons. The maximum Gasteiger partial charge on any atom is 0.313 e. The number of aromatic nitrogens is 8. The minimum atomic E-state index is -6.36. The number of ether oxygens (including phenoxy) is 2. The molecule has 4 aromatic heterocycles. The molecule has 6 rings (SSSR count). The first-order valence-electron chi connectivity index (χ1n) is 16.0. The predicted octanol–water partition coefficient (Wildman–Crippen LogP) is -6.51. The zero-order valence-corrected chi connectivity index (χ0v) is 31.3. The third-order valence-corrected chi connectivity index (χ3v) is 12.6. The second-order valence-electron chi connectivity index (χ2n) is 12.4. The SMILES string of the molecule is Cn1c[n+](C2CN(C(CO)CO)CC(COP(=O)([O-])OP(=O)([O-])OP(=O)([O-])OC[C@H]3O[C@@H](n4cnc5c(=O)[nH]c(N)nc54)[C@H](O)[C@@H]3O)O2)c2nc(N)[nH]c(=O)c21. The number of nitrogens with one attached hydrogen (secondary N) is 2. The van der Waals surface area contributed by atoms with Crippen molar-refractivity contribution in [2.45, 2.75) is 42.9 Å². The number of aromatic amines is 2. The van der Waals surface area contributed by atoms with Gasteiger partial charge >= 0.3 is 5.65 Å². The maximum absolute atomic E-state index is 12.6. The molecule has 5 unspecified atom stereocenters. The Morgan fingerprint density at radius 3 is 2.23 bits per heavy atom. The molecule has 0 amide bonds. The Hall–Kier alpha value is -3.57. The summed E-state index contributed by atoms with van der Waals surface area (Å²) < 4.78 is 69.5. The highest BCUT2D eigenvalue weighted by atomic mass is 31.3. The minimum absolute atomic E-state index is 0.0499. The summed E-state index contributed by atoms with van der Waals surface area (Å²) in [5, 5.41) is 40.6. The molecule has 0 aliphatic carbocycles. The van der Waals surface area contributed by atoms with E-state index in [1.807, 2.05) is 0 Å². The average molecular weight is 858 g/mol. The van der Waals surface area contributed by atoms with E-state index in [0.29, 0.717) is 0 Å². The highest BCUT2D eigenvalue weighted by Crippen LogP contribution is 2.63. The topological polar surface area (TPSA) is 430 Å². The molecule has 2 fully saturated rings. The Labute approximate surface area is 311 Å². The number of aryl methyl sites for hydroxylation is 1. The lowest BCUT2D eigenvalue weighted by molar-refractivity contribution is -0.747. The molecule has 0 saturated carbocycles. The molecule has 0 aromatic carbocycles. The first-order valence-corrected chi connectivity index (χ1v) is 20.4. The second kappa shape index (κ2) is 16.0. The van der Waals surface area contributed by atoms with Crippen molar-refractivity contribution in [2.24, 2.45) is 7.05 Å². The Morgan fingerprint density at radius 2 is 1.57 bits per heavy atom. The van der Waals surface area contributed by atoms with Crippen molar-refractivity contribution in [3.63, 3.8) is 0 Å². The number of phosphoric acid groups is 3. The number of nitrogens with zero attached hydrogens (tertiary/aromatic N) is 7. The Morgan fingerprint density at radius 1 is 0.946 bits per heavy atom. The van der Waals surface area contributed by atoms with E-state index >= 15 is 0 Å². The van der Waals surface area contributed by atoms with E-state index in [-0.39, 0.29) is 47.3 Å². The van der Waals surface area contributed by atoms with Gasteiger partial charge in [-0.2, -0.15) is 4.98 Å². The molecule has 2 aliphatic rings. The van der Waals surface area contributed by atoms with E-state index in [1.54, 1.807) is 0 Å². The van der Waals surface area contributed by atoms with Crippen LogP contribution in [0.5, 0.6) is 0 Å². The third kappa shape index (κ3) is 8.94. The molecule has 0 spiro atoms. The van der Waals surface area contributed by atoms with Crippen LogP contribution in [0.1, 0.15) is 12.5 Å². The summed E-state index contributed by atoms with van der Waals surface area (Å²) in [6.45, 7) is -3.51. The van der Waals surface area contributed by atoms with Crippen LogP contribution < -0.4 is 41.8 Å². The van der Waals surface area contributed by atoms with Gasteiger partial charge in [-0.1, -0.05) is 4.98 Å². The number of hydrogen-bond acceptors (Lipinski definition) is 24. The van der Waals surface area contributed by atoms with Crippen molar-refractivity contribution in [3.8, 4) is 0 Å². The number of nitrogens with two attached hydrogens (primary N) is 2. The van der Waals surface area contributed by atoms with Gasteiger partial charge < -0.3 is 65.1 Å². The Bertz CT molecular complexity index is 2350. The van der Waals surface area contributed by atoms with Gasteiger partial charge in [-0.05, 0) is 0 Å². The average Bonchev–Trinajstić information content (AvgIpc) is 3.75. The summed E-state index contributed by atoms with van der Waals surface area (Å²) in [5.41, 5.74) is 9.67. The number of rotatable bonds is 15. The van der Waals surface area contributed by atoms with Crippen LogP contribution in [0, 0.1) is 0 Å². The number of H-pyrrole nitrogens is 2. The van der Waals surface area contributed by atoms with Gasteiger partial charge in [0.05, 0.1) is 58.5 Å². The molecule has 2 saturated heterocycles. The summed E-state index contributed by atoms with van der Waals surface area (Å²) >= 11 is 0. The van der Waals surface area contributed by atoms with Gasteiger partial charge in [0.1, 0.15) is 18.3 Å². The smallest absolute Gasteiger partial charge is 0.313 e. The first kappa shape index (κ1) is 42.0. The molecule has 29 nitrogen and oxygen atoms in total. The first-order chi connectivity index (χ1) is 26.2. The lowest BCUT2D eigenvalue weighted by atomic mass is 10.1. The number of aliphatic hydroxyl groups excluding tert-OH is 4. The van der Waals surface area contributed by atoms with Crippen LogP contribution in [0.25, 0.3) is 22.3 Å². The van der Waals surface area contributed by atoms with E-state index < -0.39 is 104 Å². The van der Waals surface area contributed by atoms with E-state index in [1.165, 1.54) is 27.4 Å². The van der Waals surface area contributed by atoms with Crippen LogP contribution in [-0.2, 0) is 47.9 Å². The molecule has 32 heteroatoms. The number of morpholine rings is 1. The summed E-state index contributed by atoms with van der Waals surface area (Å²) in [6.07, 6.45) is -6.81. The molecule has 6 heterocycles. The molecular weight excluding hydrogens is 823 g/mol. The van der Waals surface area contributed by atoms with Crippen molar-refractivity contribution in [2.75, 3.05) is 51.0 Å². The predicted molar refractivity (Wildman–Crippen MR) is 175 cm³/mol. The van der Waals surface area contributed by atoms with Crippen LogP contribution in [0.15, 0.2) is 22.2 Å². The van der Waals surface area contributed by atoms with Crippen LogP contribution in [0.4, 0.5) is 11.9 Å². The molecule has 2 aliphatic heterocycles. The molecule has 56 heavy (non-hydrogen) atoms. The van der Waals surface area contributed by atoms with Gasteiger partial charge in [-0.15, -0.1) is 0 Å². The van der Waals surface area contributed by atoms with E-state index in [2.05, 4.69) is 42.6 Å². The summed E-state index contributed by atoms with van der Waals surface area (Å²) in [4.78, 5) is 79.9. The van der Waals surface area contributed by atoms with Crippen LogP contribution in [0.3, 0.4) is 0 Å². The zero-order chi connectivity index (χ0) is 40.9. The summed E-state index contributed by atoms with van der Waals surface area (Å²) in [5.74, 6) is -0.559. The highest BCUT2D eigenvalue weighted by molar-refractivity contribution is 7.65. The van der Waals surface area contributed by atoms with Crippen LogP contribution >= 0.6 is 23.5 Å². The van der Waals surface area contributed by atoms with Gasteiger partial charge in [0.25, 0.3) is 40.5 Å². The largest absolute Gasteiger partial charge is 0.756 e. The minimum Gasteiger partial charge on any atom is -0.756 e. The standard InChI is InChI=1S/C24H36N11O18P3/c1-32-9-35(19-15(32)21(41)31-24(26)29-19)13-3-33(10(4-36)5-37)2-11(50-13)6-48-54(42,43)52-56(46,47)53-55(44,45)49-7-12-16(38)17(39)22(51-12)34-8-27-14-18(34)28-23(25)30-20(14)40/h8-13,16-17,22,36-39H,2-7H2,1H3,(H8-,25,26,28,29,30,31,40,41,42,43,44,45,46,47)/p-2/t11?,12-,13?,16-,17-,22-/m1/s1. The lowest BCUT2D eigenvalue weighted by Gasteiger charge is -2.40. The maximum atomic E-state index is 12.6. The molecule has 0 bridgehead atoms. The fraction of sp³-hybridized carbons (Fsp3) is 0.583. The van der Waals surface area contributed by atoms with Crippen molar-refractivity contribution >= 4 is 57.7 Å². The quantitative estimate of drug-likeness (QED) is 0.0407. The number of fused-ring (bicyclic) bond motifs is 2. The summed E-state index contributed by atoms with van der Waals surface area (Å²) in [6, 6.07) is -0.893. The van der Waals surface area contributed by atoms with Crippen molar-refractivity contribution < 1.29 is 80.5 Å². The summed E-state index contributed by atoms with van der Waals surface area (Å²) in [7, 11) is -16.8. The molecule has 4 aromatic rings. The Kier molecular flexibility index (Phi) is 12.0. The molecule has 10 N–H and O–H groups in total. The number of aliphatic hydroxyl groups is 4. The van der Waals surface area contributed by atoms with E-state index in [4.69, 9.17) is 20.9 Å². The van der Waals surface area contributed by atoms with Crippen LogP contribution in [-0.4, -0.2) is 129 Å². The third-order valence-electron chi connectivity index (χ3n) is 8.49. The Balaban J connectivity index is 1.08. The zero-order valence-electron chi connectivity index (χ0n) is 28.6. The van der Waals surface area contributed by atoms with Gasteiger partial charge in [-0.3, -0.25) is 47.3 Å². The van der Waals surface area contributed by atoms with E-state index in [9.17, 15) is 58.4 Å². The van der Waals surface area contributed by atoms with Gasteiger partial charge in [0.2, 0.25) is 11.5 Å². The number of hydrogen-bond donors (Lipinski definition) is 8. The fourth-order valence-corrected chi connectivity index (χ4v) is 9.43. The molecule has 9 atom stereocenters. The molecule has 310 valence electrons. The van der Waals surface area contributed by atoms with Gasteiger partial charge in [-0.25, -0.2) is 18.2 Å².